The molecule has 1 spiro atoms. The zero-order valence-corrected chi connectivity index (χ0v) is 42.1. The fraction of sp³-hybridized carbons (Fsp3) is 0.149. The van der Waals surface area contributed by atoms with Gasteiger partial charge in [-0.1, -0.05) is 151 Å². The van der Waals surface area contributed by atoms with E-state index in [2.05, 4.69) is 237 Å². The second-order valence-electron chi connectivity index (χ2n) is 21.6. The molecule has 0 aliphatic carbocycles. The number of fused-ring (bicyclic) bond motifs is 11. The molecule has 10 aromatic rings. The van der Waals surface area contributed by atoms with E-state index < -0.39 is 5.41 Å². The van der Waals surface area contributed by atoms with Gasteiger partial charge in [0.25, 0.3) is 0 Å². The first-order valence-electron chi connectivity index (χ1n) is 25.0. The van der Waals surface area contributed by atoms with Crippen LogP contribution in [-0.2, 0) is 16.2 Å². The summed E-state index contributed by atoms with van der Waals surface area (Å²) in [5.74, 6) is 0. The number of carbonyl (C=O) groups excluding carboxylic acids is 1. The van der Waals surface area contributed by atoms with E-state index in [0.29, 0.717) is 39.3 Å². The number of anilines is 6. The average Bonchev–Trinajstić information content (AvgIpc) is 3.74. The molecule has 0 amide bonds. The zero-order chi connectivity index (χ0) is 50.6. The van der Waals surface area contributed by atoms with Gasteiger partial charge in [-0.15, -0.1) is 0 Å². The molecule has 12 rings (SSSR count). The van der Waals surface area contributed by atoms with Crippen LogP contribution in [0.3, 0.4) is 0 Å². The molecule has 6 nitrogen and oxygen atoms in total. The Morgan fingerprint density at radius 3 is 1.45 bits per heavy atom. The Hall–Kier alpha value is -8.97. The van der Waals surface area contributed by atoms with Gasteiger partial charge in [0, 0.05) is 39.0 Å². The lowest BCUT2D eigenvalue weighted by molar-refractivity contribution is 0.112. The van der Waals surface area contributed by atoms with Crippen LogP contribution in [0.1, 0.15) is 96.4 Å². The third kappa shape index (κ3) is 6.71. The fourth-order valence-electron chi connectivity index (χ4n) is 11.9. The lowest BCUT2D eigenvalue weighted by atomic mass is 9.60. The average molecular weight is 944 g/mol. The summed E-state index contributed by atoms with van der Waals surface area (Å²) >= 11 is 0. The summed E-state index contributed by atoms with van der Waals surface area (Å²) in [6.07, 6.45) is 0.840. The summed E-state index contributed by atoms with van der Waals surface area (Å²) in [5, 5.41) is 13.9. The number of nitrogens with zero attached hydrogens (tertiary/aromatic N) is 5. The van der Waals surface area contributed by atoms with Crippen molar-refractivity contribution in [1.82, 2.24) is 4.57 Å². The van der Waals surface area contributed by atoms with Crippen LogP contribution >= 0.6 is 0 Å². The highest BCUT2D eigenvalue weighted by atomic mass is 16.1. The van der Waals surface area contributed by atoms with Gasteiger partial charge in [-0.3, -0.25) is 4.79 Å². The van der Waals surface area contributed by atoms with Crippen molar-refractivity contribution < 1.29 is 4.79 Å². The predicted molar refractivity (Wildman–Crippen MR) is 300 cm³/mol. The number of nitriles is 1. The van der Waals surface area contributed by atoms with E-state index >= 15 is 0 Å². The maximum absolute atomic E-state index is 12.7. The van der Waals surface area contributed by atoms with E-state index in [4.69, 9.17) is 0 Å². The molecule has 3 heterocycles. The minimum atomic E-state index is -0.795. The summed E-state index contributed by atoms with van der Waals surface area (Å²) in [6.45, 7) is 24.6. The van der Waals surface area contributed by atoms with Gasteiger partial charge >= 0.3 is 0 Å². The van der Waals surface area contributed by atoms with Crippen molar-refractivity contribution in [2.45, 2.75) is 64.7 Å². The second kappa shape index (κ2) is 16.6. The number of para-hydroxylation sites is 5. The first-order chi connectivity index (χ1) is 35.3. The minimum absolute atomic E-state index is 0.118. The molecule has 73 heavy (non-hydrogen) atoms. The lowest BCUT2D eigenvalue weighted by Crippen LogP contribution is -2.41. The number of carbonyl (C=O) groups is 1. The lowest BCUT2D eigenvalue weighted by Gasteiger charge is -2.51. The van der Waals surface area contributed by atoms with Gasteiger partial charge in [0.1, 0.15) is 12.4 Å². The largest absolute Gasteiger partial charge is 0.319 e. The van der Waals surface area contributed by atoms with Crippen molar-refractivity contribution in [3.8, 4) is 22.9 Å². The first-order valence-corrected chi connectivity index (χ1v) is 25.0. The molecule has 2 aliphatic heterocycles. The maximum atomic E-state index is 12.7. The summed E-state index contributed by atoms with van der Waals surface area (Å²) < 4.78 is 2.23. The van der Waals surface area contributed by atoms with Gasteiger partial charge in [0.05, 0.1) is 51.3 Å². The van der Waals surface area contributed by atoms with Crippen LogP contribution in [0.15, 0.2) is 188 Å². The minimum Gasteiger partial charge on any atom is -0.319 e. The number of aryl methyl sites for hydroxylation is 1. The zero-order valence-electron chi connectivity index (χ0n) is 42.1. The molecule has 9 aromatic carbocycles. The molecule has 1 aromatic heterocycles. The molecule has 0 saturated heterocycles. The van der Waals surface area contributed by atoms with Crippen LogP contribution in [0.4, 0.5) is 39.8 Å². The summed E-state index contributed by atoms with van der Waals surface area (Å²) in [6, 6.07) is 69.1. The first kappa shape index (κ1) is 45.2. The van der Waals surface area contributed by atoms with Crippen molar-refractivity contribution in [1.29, 1.82) is 5.26 Å². The van der Waals surface area contributed by atoms with Gasteiger partial charge in [0.15, 0.2) is 0 Å². The Labute approximate surface area is 427 Å². The smallest absolute Gasteiger partial charge is 0.219 e. The molecule has 0 fully saturated rings. The van der Waals surface area contributed by atoms with E-state index in [-0.39, 0.29) is 10.8 Å². The molecular formula is C67H53N5O. The van der Waals surface area contributed by atoms with E-state index in [0.717, 1.165) is 84.3 Å². The molecule has 6 heteroatoms. The molecule has 352 valence electrons. The van der Waals surface area contributed by atoms with Crippen molar-refractivity contribution in [2.75, 3.05) is 9.80 Å². The quantitative estimate of drug-likeness (QED) is 0.127. The Kier molecular flexibility index (Phi) is 10.2. The Morgan fingerprint density at radius 2 is 1.00 bits per heavy atom. The highest BCUT2D eigenvalue weighted by Crippen LogP contribution is 2.65. The summed E-state index contributed by atoms with van der Waals surface area (Å²) in [4.78, 5) is 21.8. The normalized spacial score (nSPS) is 13.5. The van der Waals surface area contributed by atoms with Crippen molar-refractivity contribution in [2.24, 2.45) is 0 Å². The summed E-state index contributed by atoms with van der Waals surface area (Å²) in [7, 11) is 0. The third-order valence-corrected chi connectivity index (χ3v) is 15.2. The number of aromatic nitrogens is 1. The van der Waals surface area contributed by atoms with Crippen LogP contribution in [0.25, 0.3) is 43.5 Å². The topological polar surface area (TPSA) is 56.6 Å². The molecule has 0 bridgehead atoms. The van der Waals surface area contributed by atoms with Crippen LogP contribution in [0, 0.1) is 24.8 Å². The molecule has 0 unspecified atom stereocenters. The highest BCUT2D eigenvalue weighted by Gasteiger charge is 2.52. The van der Waals surface area contributed by atoms with Gasteiger partial charge in [-0.25, -0.2) is 4.85 Å². The van der Waals surface area contributed by atoms with Crippen LogP contribution in [0.5, 0.6) is 0 Å². The molecule has 0 atom stereocenters. The molecule has 0 saturated carbocycles. The Morgan fingerprint density at radius 1 is 0.534 bits per heavy atom. The highest BCUT2D eigenvalue weighted by molar-refractivity contribution is 6.11. The van der Waals surface area contributed by atoms with Crippen molar-refractivity contribution >= 4 is 67.9 Å². The standard InChI is InChI=1S/C67H53N5O/c1-42-34-43(41-73)36-44(35-42)63-50(40-68)61(71-55-32-30-45(65(2,3)4)37-48(55)49-38-46(66(5,6)7)31-33-56(49)71)39-62(64(63)69-8)72-59-28-18-14-24-53(59)67(54-25-15-19-29-60(54)72)51-22-12-16-26-57(51)70(47-20-10-9-11-21-47)58-27-17-13-23-52(58)67/h9-39,41H,1-7H3. The number of benzene rings is 9. The van der Waals surface area contributed by atoms with Gasteiger partial charge in [-0.2, -0.15) is 5.26 Å². The summed E-state index contributed by atoms with van der Waals surface area (Å²) in [5.41, 5.74) is 17.1. The van der Waals surface area contributed by atoms with Gasteiger partial charge in [0.2, 0.25) is 5.69 Å². The number of aldehydes is 1. The molecular weight excluding hydrogens is 891 g/mol. The van der Waals surface area contributed by atoms with Crippen molar-refractivity contribution in [3.63, 3.8) is 0 Å². The Bertz CT molecular complexity index is 3850. The Balaban J connectivity index is 1.22. The molecule has 0 N–H and O–H groups in total. The molecule has 0 radical (unpaired) electrons. The van der Waals surface area contributed by atoms with E-state index in [9.17, 15) is 16.6 Å². The van der Waals surface area contributed by atoms with E-state index in [1.807, 2.05) is 25.1 Å². The van der Waals surface area contributed by atoms with E-state index in [1.54, 1.807) is 0 Å². The third-order valence-electron chi connectivity index (χ3n) is 15.2. The molecule has 2 aliphatic rings. The van der Waals surface area contributed by atoms with Gasteiger partial charge < -0.3 is 14.4 Å². The SMILES string of the molecule is [C-]#[N+]c1c(N2c3ccccc3C3(c4ccccc4N(c4ccccc4)c4ccccc43)c3ccccc32)cc(-n2c3ccc(C(C)(C)C)cc3c3cc(C(C)(C)C)ccc32)c(C#N)c1-c1cc(C)cc(C=O)c1. The fourth-order valence-corrected chi connectivity index (χ4v) is 11.9. The van der Waals surface area contributed by atoms with Crippen LogP contribution < -0.4 is 9.80 Å². The second-order valence-corrected chi connectivity index (χ2v) is 21.6. The van der Waals surface area contributed by atoms with Crippen LogP contribution in [0.2, 0.25) is 0 Å². The number of rotatable bonds is 5. The van der Waals surface area contributed by atoms with E-state index in [1.165, 1.54) is 11.1 Å². The predicted octanol–water partition coefficient (Wildman–Crippen LogP) is 17.5. The van der Waals surface area contributed by atoms with Crippen LogP contribution in [-0.4, -0.2) is 10.9 Å². The van der Waals surface area contributed by atoms with Gasteiger partial charge in [-0.05, 0) is 141 Å². The number of hydrogen-bond donors (Lipinski definition) is 0. The van der Waals surface area contributed by atoms with Crippen molar-refractivity contribution in [3.05, 3.63) is 250 Å². The maximum Gasteiger partial charge on any atom is 0.219 e. The number of hydrogen-bond acceptors (Lipinski definition) is 4. The monoisotopic (exact) mass is 943 g/mol.